The highest BCUT2D eigenvalue weighted by Gasteiger charge is 2.30. The van der Waals surface area contributed by atoms with E-state index in [1.165, 1.54) is 0 Å². The van der Waals surface area contributed by atoms with Crippen LogP contribution in [0.4, 0.5) is 13.2 Å². The van der Waals surface area contributed by atoms with E-state index in [-0.39, 0.29) is 30.3 Å². The minimum Gasteiger partial charge on any atom is -0.350 e. The minimum atomic E-state index is -4.44. The number of halogens is 3. The molecule has 2 rings (SSSR count). The summed E-state index contributed by atoms with van der Waals surface area (Å²) in [5, 5.41) is 11.5. The molecule has 0 radical (unpaired) electrons. The third kappa shape index (κ3) is 4.58. The lowest BCUT2D eigenvalue weighted by Crippen LogP contribution is -2.34. The number of benzene rings is 1. The fourth-order valence-corrected chi connectivity index (χ4v) is 1.89. The van der Waals surface area contributed by atoms with Crippen LogP contribution in [0.25, 0.3) is 0 Å². The van der Waals surface area contributed by atoms with E-state index < -0.39 is 17.6 Å². The maximum atomic E-state index is 12.4. The average molecular weight is 340 g/mol. The number of hydrogen-bond donors (Lipinski definition) is 3. The first kappa shape index (κ1) is 17.5. The first-order valence-electron chi connectivity index (χ1n) is 7.03. The molecule has 0 aliphatic carbocycles. The fourth-order valence-electron chi connectivity index (χ4n) is 1.89. The van der Waals surface area contributed by atoms with E-state index in [0.29, 0.717) is 0 Å². The van der Waals surface area contributed by atoms with Crippen LogP contribution in [0.15, 0.2) is 30.3 Å². The quantitative estimate of drug-likeness (QED) is 0.727. The van der Waals surface area contributed by atoms with Gasteiger partial charge in [-0.15, -0.1) is 0 Å². The van der Waals surface area contributed by atoms with Crippen molar-refractivity contribution in [3.05, 3.63) is 52.8 Å². The van der Waals surface area contributed by atoms with Gasteiger partial charge in [-0.1, -0.05) is 0 Å². The lowest BCUT2D eigenvalue weighted by molar-refractivity contribution is -0.137. The minimum absolute atomic E-state index is 0.109. The number of hydrogen-bond acceptors (Lipinski definition) is 3. The van der Waals surface area contributed by atoms with Crippen LogP contribution >= 0.6 is 0 Å². The summed E-state index contributed by atoms with van der Waals surface area (Å²) in [5.41, 5.74) is 0.273. The summed E-state index contributed by atoms with van der Waals surface area (Å²) in [4.78, 5) is 23.5. The van der Waals surface area contributed by atoms with Crippen LogP contribution in [0.2, 0.25) is 0 Å². The van der Waals surface area contributed by atoms with E-state index in [2.05, 4.69) is 20.8 Å². The van der Waals surface area contributed by atoms with Crippen LogP contribution in [0.3, 0.4) is 0 Å². The predicted octanol–water partition coefficient (Wildman–Crippen LogP) is 1.90. The molecule has 0 unspecified atom stereocenters. The van der Waals surface area contributed by atoms with Crippen molar-refractivity contribution in [2.45, 2.75) is 13.1 Å². The molecule has 6 nitrogen and oxygen atoms in total. The molecule has 1 aromatic carbocycles. The smallest absolute Gasteiger partial charge is 0.350 e. The zero-order valence-corrected chi connectivity index (χ0v) is 12.7. The highest BCUT2D eigenvalue weighted by Crippen LogP contribution is 2.28. The molecule has 1 heterocycles. The lowest BCUT2D eigenvalue weighted by atomic mass is 10.1. The Morgan fingerprint density at radius 1 is 1.08 bits per heavy atom. The molecule has 24 heavy (non-hydrogen) atoms. The van der Waals surface area contributed by atoms with Crippen LogP contribution in [0.1, 0.15) is 32.1 Å². The number of aromatic amines is 1. The normalized spacial score (nSPS) is 11.2. The number of aryl methyl sites for hydroxylation is 1. The number of carbonyl (C=O) groups excluding carboxylic acids is 2. The molecule has 128 valence electrons. The Hall–Kier alpha value is -2.84. The Labute approximate surface area is 135 Å². The Morgan fingerprint density at radius 3 is 2.17 bits per heavy atom. The molecule has 0 saturated carbocycles. The van der Waals surface area contributed by atoms with E-state index in [9.17, 15) is 22.8 Å². The van der Waals surface area contributed by atoms with Gasteiger partial charge in [0.25, 0.3) is 11.8 Å². The topological polar surface area (TPSA) is 86.9 Å². The molecule has 3 N–H and O–H groups in total. The van der Waals surface area contributed by atoms with Crippen LogP contribution in [0.5, 0.6) is 0 Å². The summed E-state index contributed by atoms with van der Waals surface area (Å²) in [7, 11) is 0. The monoisotopic (exact) mass is 340 g/mol. The largest absolute Gasteiger partial charge is 0.416 e. The van der Waals surface area contributed by atoms with Crippen molar-refractivity contribution < 1.29 is 22.8 Å². The maximum Gasteiger partial charge on any atom is 0.416 e. The zero-order chi connectivity index (χ0) is 17.7. The molecule has 0 aliphatic rings. The van der Waals surface area contributed by atoms with Crippen LogP contribution in [-0.4, -0.2) is 35.1 Å². The number of carbonyl (C=O) groups is 2. The highest BCUT2D eigenvalue weighted by atomic mass is 19.4. The molecule has 0 atom stereocenters. The maximum absolute atomic E-state index is 12.4. The Bertz CT molecular complexity index is 723. The van der Waals surface area contributed by atoms with Crippen LogP contribution in [-0.2, 0) is 6.18 Å². The number of alkyl halides is 3. The molecule has 9 heteroatoms. The standard InChI is InChI=1S/C15H15F3N4O2/c1-9-8-12(22-21-9)14(24)20-7-6-19-13(23)10-2-4-11(5-3-10)15(16,17)18/h2-5,8H,6-7H2,1H3,(H,19,23)(H,20,24)(H,21,22). The summed E-state index contributed by atoms with van der Waals surface area (Å²) in [6.07, 6.45) is -4.44. The molecule has 0 saturated heterocycles. The van der Waals surface area contributed by atoms with Crippen molar-refractivity contribution in [3.8, 4) is 0 Å². The number of aromatic nitrogens is 2. The van der Waals surface area contributed by atoms with Crippen molar-refractivity contribution in [2.24, 2.45) is 0 Å². The Morgan fingerprint density at radius 2 is 1.67 bits per heavy atom. The third-order valence-corrected chi connectivity index (χ3v) is 3.11. The Balaban J connectivity index is 1.78. The van der Waals surface area contributed by atoms with Crippen LogP contribution < -0.4 is 10.6 Å². The number of nitrogens with one attached hydrogen (secondary N) is 3. The fraction of sp³-hybridized carbons (Fsp3) is 0.267. The van der Waals surface area contributed by atoms with Gasteiger partial charge in [0.1, 0.15) is 5.69 Å². The van der Waals surface area contributed by atoms with Crippen molar-refractivity contribution in [3.63, 3.8) is 0 Å². The summed E-state index contributed by atoms with van der Waals surface area (Å²) in [6, 6.07) is 5.47. The van der Waals surface area contributed by atoms with E-state index in [1.807, 2.05) is 0 Å². The summed E-state index contributed by atoms with van der Waals surface area (Å²) in [5.74, 6) is -0.906. The van der Waals surface area contributed by atoms with E-state index >= 15 is 0 Å². The van der Waals surface area contributed by atoms with Crippen molar-refractivity contribution in [1.29, 1.82) is 0 Å². The van der Waals surface area contributed by atoms with Gasteiger partial charge in [-0.2, -0.15) is 18.3 Å². The molecule has 1 aromatic heterocycles. The van der Waals surface area contributed by atoms with Crippen molar-refractivity contribution in [1.82, 2.24) is 20.8 Å². The molecular weight excluding hydrogens is 325 g/mol. The van der Waals surface area contributed by atoms with E-state index in [1.54, 1.807) is 13.0 Å². The van der Waals surface area contributed by atoms with E-state index in [0.717, 1.165) is 30.0 Å². The average Bonchev–Trinajstić information content (AvgIpc) is 2.97. The highest BCUT2D eigenvalue weighted by molar-refractivity contribution is 5.94. The number of nitrogens with zero attached hydrogens (tertiary/aromatic N) is 1. The molecule has 0 aliphatic heterocycles. The SMILES string of the molecule is Cc1cc(C(=O)NCCNC(=O)c2ccc(C(F)(F)F)cc2)n[nH]1. The molecule has 0 spiro atoms. The summed E-state index contributed by atoms with van der Waals surface area (Å²) in [6.45, 7) is 2.06. The summed E-state index contributed by atoms with van der Waals surface area (Å²) < 4.78 is 37.3. The third-order valence-electron chi connectivity index (χ3n) is 3.11. The first-order chi connectivity index (χ1) is 11.3. The summed E-state index contributed by atoms with van der Waals surface area (Å²) >= 11 is 0. The van der Waals surface area contributed by atoms with Gasteiger partial charge in [0.2, 0.25) is 0 Å². The molecule has 2 aromatic rings. The lowest BCUT2D eigenvalue weighted by Gasteiger charge is -2.08. The van der Waals surface area contributed by atoms with Crippen molar-refractivity contribution >= 4 is 11.8 Å². The molecular formula is C15H15F3N4O2. The second-order valence-electron chi connectivity index (χ2n) is 5.02. The van der Waals surface area contributed by atoms with Crippen LogP contribution in [0, 0.1) is 6.92 Å². The van der Waals surface area contributed by atoms with E-state index in [4.69, 9.17) is 0 Å². The van der Waals surface area contributed by atoms with Gasteiger partial charge < -0.3 is 10.6 Å². The first-order valence-corrected chi connectivity index (χ1v) is 7.03. The molecule has 2 amide bonds. The van der Waals surface area contributed by atoms with Gasteiger partial charge in [-0.25, -0.2) is 0 Å². The molecule has 0 bridgehead atoms. The number of rotatable bonds is 5. The number of amides is 2. The van der Waals surface area contributed by atoms with Gasteiger partial charge in [0.05, 0.1) is 5.56 Å². The Kier molecular flexibility index (Phi) is 5.22. The van der Waals surface area contributed by atoms with Gasteiger partial charge in [-0.3, -0.25) is 14.7 Å². The van der Waals surface area contributed by atoms with Gasteiger partial charge in [0, 0.05) is 24.3 Å². The zero-order valence-electron chi connectivity index (χ0n) is 12.7. The van der Waals surface area contributed by atoms with Crippen molar-refractivity contribution in [2.75, 3.05) is 13.1 Å². The second-order valence-corrected chi connectivity index (χ2v) is 5.02. The number of H-pyrrole nitrogens is 1. The second kappa shape index (κ2) is 7.16. The van der Waals surface area contributed by atoms with Gasteiger partial charge >= 0.3 is 6.18 Å². The predicted molar refractivity (Wildman–Crippen MR) is 79.4 cm³/mol. The molecule has 0 fully saturated rings. The van der Waals surface area contributed by atoms with Gasteiger partial charge in [0.15, 0.2) is 0 Å². The van der Waals surface area contributed by atoms with Gasteiger partial charge in [-0.05, 0) is 37.3 Å².